The molecule has 0 saturated heterocycles. The van der Waals surface area contributed by atoms with E-state index in [1.165, 1.54) is 5.56 Å². The first-order chi connectivity index (χ1) is 6.70. The molecule has 0 heterocycles. The van der Waals surface area contributed by atoms with Crippen LogP contribution < -0.4 is 0 Å². The summed E-state index contributed by atoms with van der Waals surface area (Å²) < 4.78 is 0. The molecule has 0 N–H and O–H groups in total. The predicted molar refractivity (Wildman–Crippen MR) is 62.2 cm³/mol. The maximum absolute atomic E-state index is 6.32. The van der Waals surface area contributed by atoms with Crippen molar-refractivity contribution in [1.29, 1.82) is 0 Å². The number of alkyl halides is 2. The molecule has 0 nitrogen and oxygen atoms in total. The van der Waals surface area contributed by atoms with Gasteiger partial charge >= 0.3 is 0 Å². The third kappa shape index (κ3) is 1.78. The van der Waals surface area contributed by atoms with Crippen LogP contribution in [0.1, 0.15) is 24.8 Å². The van der Waals surface area contributed by atoms with Gasteiger partial charge in [0.2, 0.25) is 0 Å². The van der Waals surface area contributed by atoms with Crippen LogP contribution in [0.3, 0.4) is 0 Å². The molecule has 1 aliphatic rings. The fraction of sp³-hybridized carbons (Fsp3) is 0.500. The lowest BCUT2D eigenvalue weighted by Crippen LogP contribution is -2.12. The topological polar surface area (TPSA) is 0 Å². The second-order valence-corrected chi connectivity index (χ2v) is 5.18. The van der Waals surface area contributed by atoms with Crippen molar-refractivity contribution in [3.05, 3.63) is 35.9 Å². The molecule has 0 radical (unpaired) electrons. The van der Waals surface area contributed by atoms with E-state index in [1.807, 2.05) is 6.07 Å². The summed E-state index contributed by atoms with van der Waals surface area (Å²) in [4.78, 5) is 0. The highest BCUT2D eigenvalue weighted by molar-refractivity contribution is 6.25. The van der Waals surface area contributed by atoms with Gasteiger partial charge in [-0.15, -0.1) is 23.2 Å². The molecule has 1 aliphatic carbocycles. The molecule has 0 amide bonds. The lowest BCUT2D eigenvalue weighted by molar-refractivity contribution is 0.540. The minimum absolute atomic E-state index is 0.190. The van der Waals surface area contributed by atoms with Gasteiger partial charge in [0.15, 0.2) is 0 Å². The zero-order valence-electron chi connectivity index (χ0n) is 8.16. The molecule has 0 spiro atoms. The van der Waals surface area contributed by atoms with Gasteiger partial charge in [-0.2, -0.15) is 0 Å². The Morgan fingerprint density at radius 1 is 1.07 bits per heavy atom. The van der Waals surface area contributed by atoms with Gasteiger partial charge in [0.1, 0.15) is 0 Å². The summed E-state index contributed by atoms with van der Waals surface area (Å²) in [6.07, 6.45) is 0.920. The predicted octanol–water partition coefficient (Wildman–Crippen LogP) is 4.02. The van der Waals surface area contributed by atoms with Gasteiger partial charge < -0.3 is 0 Å². The van der Waals surface area contributed by atoms with Crippen LogP contribution >= 0.6 is 23.2 Å². The van der Waals surface area contributed by atoms with Crippen molar-refractivity contribution in [1.82, 2.24) is 0 Å². The average Bonchev–Trinajstić information content (AvgIpc) is 2.43. The second kappa shape index (κ2) is 4.12. The van der Waals surface area contributed by atoms with Crippen molar-refractivity contribution in [3.8, 4) is 0 Å². The quantitative estimate of drug-likeness (QED) is 0.638. The van der Waals surface area contributed by atoms with Crippen LogP contribution in [0.2, 0.25) is 0 Å². The fourth-order valence-electron chi connectivity index (χ4n) is 2.32. The van der Waals surface area contributed by atoms with Crippen LogP contribution in [0, 0.1) is 5.92 Å². The first-order valence-electron chi connectivity index (χ1n) is 5.03. The molecule has 1 aromatic carbocycles. The Balaban J connectivity index is 2.26. The Hall–Kier alpha value is -0.200. The number of hydrogen-bond donors (Lipinski definition) is 0. The van der Waals surface area contributed by atoms with Crippen molar-refractivity contribution < 1.29 is 0 Å². The van der Waals surface area contributed by atoms with Crippen LogP contribution in [0.5, 0.6) is 0 Å². The summed E-state index contributed by atoms with van der Waals surface area (Å²) in [5, 5.41) is 0.414. The molecule has 4 unspecified atom stereocenters. The van der Waals surface area contributed by atoms with Crippen LogP contribution in [0.15, 0.2) is 30.3 Å². The molecule has 2 heteroatoms. The van der Waals surface area contributed by atoms with Crippen LogP contribution in [-0.4, -0.2) is 10.8 Å². The van der Waals surface area contributed by atoms with Gasteiger partial charge in [-0.3, -0.25) is 0 Å². The van der Waals surface area contributed by atoms with Crippen LogP contribution in [-0.2, 0) is 0 Å². The Bertz CT molecular complexity index is 296. The lowest BCUT2D eigenvalue weighted by atomic mass is 9.90. The zero-order chi connectivity index (χ0) is 10.1. The Kier molecular flexibility index (Phi) is 3.04. The van der Waals surface area contributed by atoms with Gasteiger partial charge in [-0.05, 0) is 17.9 Å². The molecular formula is C12H14Cl2. The van der Waals surface area contributed by atoms with Crippen molar-refractivity contribution in [2.24, 2.45) is 5.92 Å². The van der Waals surface area contributed by atoms with Gasteiger partial charge in [-0.25, -0.2) is 0 Å². The van der Waals surface area contributed by atoms with Crippen molar-refractivity contribution >= 4 is 23.2 Å². The summed E-state index contributed by atoms with van der Waals surface area (Å²) in [5.41, 5.74) is 1.32. The van der Waals surface area contributed by atoms with E-state index >= 15 is 0 Å². The SMILES string of the molecule is CC1C(Cl)CC(Cl)C1c1ccccc1. The van der Waals surface area contributed by atoms with Crippen molar-refractivity contribution in [2.75, 3.05) is 0 Å². The van der Waals surface area contributed by atoms with Gasteiger partial charge in [0.05, 0.1) is 0 Å². The molecule has 1 saturated carbocycles. The molecule has 1 fully saturated rings. The summed E-state index contributed by atoms with van der Waals surface area (Å²) >= 11 is 12.5. The molecule has 4 atom stereocenters. The van der Waals surface area contributed by atoms with Crippen molar-refractivity contribution in [2.45, 2.75) is 30.0 Å². The third-order valence-corrected chi connectivity index (χ3v) is 4.19. The highest BCUT2D eigenvalue weighted by Gasteiger charge is 2.39. The highest BCUT2D eigenvalue weighted by atomic mass is 35.5. The first-order valence-corrected chi connectivity index (χ1v) is 5.90. The zero-order valence-corrected chi connectivity index (χ0v) is 9.67. The molecule has 0 aliphatic heterocycles. The van der Waals surface area contributed by atoms with Crippen molar-refractivity contribution in [3.63, 3.8) is 0 Å². The number of hydrogen-bond acceptors (Lipinski definition) is 0. The standard InChI is InChI=1S/C12H14Cl2/c1-8-10(13)7-11(14)12(8)9-5-3-2-4-6-9/h2-6,8,10-12H,7H2,1H3. The minimum atomic E-state index is 0.190. The molecule has 0 aromatic heterocycles. The van der Waals surface area contributed by atoms with E-state index in [-0.39, 0.29) is 10.8 Å². The summed E-state index contributed by atoms with van der Waals surface area (Å²) in [7, 11) is 0. The Morgan fingerprint density at radius 3 is 2.21 bits per heavy atom. The van der Waals surface area contributed by atoms with Gasteiger partial charge in [0, 0.05) is 16.7 Å². The van der Waals surface area contributed by atoms with Crippen LogP contribution in [0.25, 0.3) is 0 Å². The lowest BCUT2D eigenvalue weighted by Gasteiger charge is -2.19. The van der Waals surface area contributed by atoms with E-state index in [4.69, 9.17) is 23.2 Å². The normalized spacial score (nSPS) is 37.4. The van der Waals surface area contributed by atoms with E-state index in [9.17, 15) is 0 Å². The van der Waals surface area contributed by atoms with E-state index in [0.717, 1.165) is 6.42 Å². The molecule has 76 valence electrons. The Labute approximate surface area is 95.2 Å². The van der Waals surface area contributed by atoms with E-state index in [2.05, 4.69) is 31.2 Å². The maximum atomic E-state index is 6.32. The smallest absolute Gasteiger partial charge is 0.0421 e. The van der Waals surface area contributed by atoms with E-state index in [0.29, 0.717) is 11.8 Å². The molecule has 2 rings (SSSR count). The monoisotopic (exact) mass is 228 g/mol. The first kappa shape index (κ1) is 10.3. The summed E-state index contributed by atoms with van der Waals surface area (Å²) in [6.45, 7) is 2.19. The Morgan fingerprint density at radius 2 is 1.71 bits per heavy atom. The number of halogens is 2. The summed E-state index contributed by atoms with van der Waals surface area (Å²) in [6, 6.07) is 10.4. The third-order valence-electron chi connectivity index (χ3n) is 3.16. The number of rotatable bonds is 1. The number of benzene rings is 1. The maximum Gasteiger partial charge on any atom is 0.0421 e. The average molecular weight is 229 g/mol. The molecule has 1 aromatic rings. The fourth-order valence-corrected chi connectivity index (χ4v) is 3.33. The van der Waals surface area contributed by atoms with Crippen LogP contribution in [0.4, 0.5) is 0 Å². The molecular weight excluding hydrogens is 215 g/mol. The van der Waals surface area contributed by atoms with E-state index < -0.39 is 0 Å². The molecule has 0 bridgehead atoms. The second-order valence-electron chi connectivity index (χ2n) is 4.06. The van der Waals surface area contributed by atoms with Gasteiger partial charge in [-0.1, -0.05) is 37.3 Å². The minimum Gasteiger partial charge on any atom is -0.123 e. The van der Waals surface area contributed by atoms with E-state index in [1.54, 1.807) is 0 Å². The molecule has 14 heavy (non-hydrogen) atoms. The highest BCUT2D eigenvalue weighted by Crippen LogP contribution is 2.44. The van der Waals surface area contributed by atoms with Gasteiger partial charge in [0.25, 0.3) is 0 Å². The summed E-state index contributed by atoms with van der Waals surface area (Å²) in [5.74, 6) is 0.891. The largest absolute Gasteiger partial charge is 0.123 e.